The second-order valence-corrected chi connectivity index (χ2v) is 20.8. The molecule has 1 spiro atoms. The van der Waals surface area contributed by atoms with Crippen molar-refractivity contribution in [2.24, 2.45) is 5.41 Å². The summed E-state index contributed by atoms with van der Waals surface area (Å²) in [6.07, 6.45) is 10.2. The normalized spacial score (nSPS) is 19.5. The summed E-state index contributed by atoms with van der Waals surface area (Å²) >= 11 is 0. The number of ether oxygens (including phenoxy) is 1. The number of anilines is 2. The number of amides is 1. The molecule has 1 aliphatic carbocycles. The highest BCUT2D eigenvalue weighted by atomic mass is 32.2. The van der Waals surface area contributed by atoms with E-state index in [0.717, 1.165) is 57.0 Å². The van der Waals surface area contributed by atoms with Crippen molar-refractivity contribution in [3.63, 3.8) is 0 Å². The number of aryl methyl sites for hydroxylation is 1. The first-order valence-electron chi connectivity index (χ1n) is 23.2. The minimum Gasteiger partial charge on any atom is -0.455 e. The summed E-state index contributed by atoms with van der Waals surface area (Å²) < 4.78 is 50.5. The van der Waals surface area contributed by atoms with Crippen molar-refractivity contribution < 1.29 is 32.4 Å². The Morgan fingerprint density at radius 3 is 2.59 bits per heavy atom. The number of benzene rings is 2. The van der Waals surface area contributed by atoms with E-state index < -0.39 is 42.9 Å². The van der Waals surface area contributed by atoms with E-state index in [1.54, 1.807) is 26.0 Å². The lowest BCUT2D eigenvalue weighted by atomic mass is 9.70. The Kier molecular flexibility index (Phi) is 13.4. The van der Waals surface area contributed by atoms with Crippen LogP contribution >= 0.6 is 0 Å². The van der Waals surface area contributed by atoms with Gasteiger partial charge in [-0.15, -0.1) is 0 Å². The van der Waals surface area contributed by atoms with Crippen LogP contribution in [0, 0.1) is 28.3 Å². The van der Waals surface area contributed by atoms with Gasteiger partial charge in [-0.3, -0.25) is 19.8 Å². The molecule has 4 N–H and O–H groups in total. The van der Waals surface area contributed by atoms with Gasteiger partial charge in [0.05, 0.1) is 33.4 Å². The summed E-state index contributed by atoms with van der Waals surface area (Å²) in [6, 6.07) is 16.8. The second kappa shape index (κ2) is 18.9. The van der Waals surface area contributed by atoms with Gasteiger partial charge in [-0.1, -0.05) is 51.5 Å². The van der Waals surface area contributed by atoms with Crippen LogP contribution in [0.3, 0.4) is 0 Å². The van der Waals surface area contributed by atoms with E-state index in [0.29, 0.717) is 61.4 Å². The Balaban J connectivity index is 0.982. The lowest BCUT2D eigenvalue weighted by molar-refractivity contribution is -0.384. The van der Waals surface area contributed by atoms with Crippen molar-refractivity contribution in [2.45, 2.75) is 121 Å². The maximum Gasteiger partial charge on any atom is 0.312 e. The van der Waals surface area contributed by atoms with Crippen LogP contribution in [0.1, 0.15) is 124 Å². The van der Waals surface area contributed by atoms with Crippen molar-refractivity contribution in [1.82, 2.24) is 24.6 Å². The molecule has 352 valence electrons. The fourth-order valence-electron chi connectivity index (χ4n) is 10.1. The predicted molar refractivity (Wildman–Crippen MR) is 252 cm³/mol. The predicted octanol–water partition coefficient (Wildman–Crippen LogP) is 9.33. The van der Waals surface area contributed by atoms with Crippen LogP contribution in [0.15, 0.2) is 71.9 Å². The fourth-order valence-corrected chi connectivity index (χ4v) is 11.0. The summed E-state index contributed by atoms with van der Waals surface area (Å²) in [7, 11) is -4.69. The number of nitrogens with zero attached hydrogens (tertiary/aromatic N) is 5. The molecule has 2 aromatic carbocycles. The number of nitro groups is 1. The molecule has 8 rings (SSSR count). The van der Waals surface area contributed by atoms with Crippen LogP contribution in [0.5, 0.6) is 11.5 Å². The molecule has 3 atom stereocenters. The Hall–Kier alpha value is -5.65. The Labute approximate surface area is 385 Å². The Morgan fingerprint density at radius 1 is 1.11 bits per heavy atom. The summed E-state index contributed by atoms with van der Waals surface area (Å²) in [6.45, 7) is 13.9. The molecule has 1 saturated carbocycles. The number of carbonyl (C=O) groups excluding carboxylic acids is 1. The number of hydrogen-bond donors (Lipinski definition) is 4. The SMILES string of the molecule is CC[C@@](C)(O)CCCCNc1ncc(S(=O)(=O)NC(=O)c2ccc(N3CCC4(CC3)CN([C@@H]3CCC[C@@H]3c3ccccc3C(C)C)C4)cc2Oc2cc3c(F)c[nH]c3nc2C)cc1[N+](=O)[O-]. The van der Waals surface area contributed by atoms with E-state index in [1.165, 1.54) is 48.7 Å². The first-order valence-corrected chi connectivity index (χ1v) is 24.7. The van der Waals surface area contributed by atoms with E-state index in [4.69, 9.17) is 4.74 Å². The quantitative estimate of drug-likeness (QED) is 0.0393. The third kappa shape index (κ3) is 9.88. The minimum absolute atomic E-state index is 0.0218. The number of fused-ring (bicyclic) bond motifs is 1. The zero-order valence-corrected chi connectivity index (χ0v) is 39.2. The molecule has 66 heavy (non-hydrogen) atoms. The maximum absolute atomic E-state index is 14.7. The van der Waals surface area contributed by atoms with Crippen LogP contribution < -0.4 is 19.7 Å². The number of aliphatic hydroxyl groups is 1. The number of likely N-dealkylation sites (tertiary alicyclic amines) is 1. The molecule has 2 aliphatic heterocycles. The van der Waals surface area contributed by atoms with E-state index in [9.17, 15) is 32.8 Å². The molecule has 0 unspecified atom stereocenters. The van der Waals surface area contributed by atoms with Gasteiger partial charge in [-0.05, 0) is 112 Å². The maximum atomic E-state index is 14.7. The first kappa shape index (κ1) is 46.9. The standard InChI is InChI=1S/C49H61FN8O7S/c1-6-48(5,60)18-9-10-21-51-46-42(58(61)62)25-34(27-52-46)66(63,64)55-47(59)38-17-16-33(24-44(38)65-43-26-39-40(50)28-53-45(39)54-32(43)4)56-22-19-49(20-23-56)29-57(30-49)41-15-11-14-37(41)36-13-8-7-12-35(36)31(2)3/h7-8,12-13,16-17,24-28,31,37,41,60H,6,9-11,14-15,18-23,29-30H2,1-5H3,(H,51,52)(H,53,54)(H,55,59)/t37-,41-,48-/m1/s1. The molecule has 3 aromatic heterocycles. The summed E-state index contributed by atoms with van der Waals surface area (Å²) in [4.78, 5) is 41.0. The smallest absolute Gasteiger partial charge is 0.312 e. The average molecular weight is 925 g/mol. The lowest BCUT2D eigenvalue weighted by Gasteiger charge is -2.57. The number of aromatic amines is 1. The molecule has 0 radical (unpaired) electrons. The number of hydrogen-bond acceptors (Lipinski definition) is 12. The van der Waals surface area contributed by atoms with E-state index in [2.05, 4.69) is 72.9 Å². The van der Waals surface area contributed by atoms with Gasteiger partial charge >= 0.3 is 5.69 Å². The number of unbranched alkanes of at least 4 members (excludes halogenated alkanes) is 1. The van der Waals surface area contributed by atoms with Crippen LogP contribution in [0.4, 0.5) is 21.6 Å². The molecular formula is C49H61FN8O7S. The number of H-pyrrole nitrogens is 1. The highest BCUT2D eigenvalue weighted by Crippen LogP contribution is 2.49. The lowest BCUT2D eigenvalue weighted by Crippen LogP contribution is -2.63. The van der Waals surface area contributed by atoms with Gasteiger partial charge in [0.1, 0.15) is 27.9 Å². The van der Waals surface area contributed by atoms with Crippen molar-refractivity contribution >= 4 is 44.2 Å². The van der Waals surface area contributed by atoms with Gasteiger partial charge in [-0.2, -0.15) is 0 Å². The number of carbonyl (C=O) groups is 1. The number of piperidine rings is 1. The topological polar surface area (TPSA) is 196 Å². The Morgan fingerprint density at radius 2 is 1.86 bits per heavy atom. The molecule has 3 fully saturated rings. The van der Waals surface area contributed by atoms with Crippen molar-refractivity contribution in [2.75, 3.05) is 42.9 Å². The molecule has 1 amide bonds. The van der Waals surface area contributed by atoms with Gasteiger partial charge in [-0.25, -0.2) is 27.5 Å². The third-order valence-corrected chi connectivity index (χ3v) is 15.5. The third-order valence-electron chi connectivity index (χ3n) is 14.2. The largest absolute Gasteiger partial charge is 0.455 e. The van der Waals surface area contributed by atoms with Gasteiger partial charge in [0.25, 0.3) is 15.9 Å². The highest BCUT2D eigenvalue weighted by molar-refractivity contribution is 7.90. The van der Waals surface area contributed by atoms with Gasteiger partial charge < -0.3 is 25.0 Å². The number of rotatable bonds is 17. The Bertz CT molecular complexity index is 2710. The first-order chi connectivity index (χ1) is 31.5. The minimum atomic E-state index is -4.69. The number of sulfonamides is 1. The van der Waals surface area contributed by atoms with E-state index in [1.807, 2.05) is 6.92 Å². The number of pyridine rings is 2. The molecule has 3 aliphatic rings. The molecular weight excluding hydrogens is 864 g/mol. The monoisotopic (exact) mass is 924 g/mol. The van der Waals surface area contributed by atoms with Crippen LogP contribution in [-0.2, 0) is 10.0 Å². The van der Waals surface area contributed by atoms with Gasteiger partial charge in [0.15, 0.2) is 0 Å². The van der Waals surface area contributed by atoms with E-state index >= 15 is 0 Å². The van der Waals surface area contributed by atoms with Crippen LogP contribution in [-0.4, -0.2) is 88.6 Å². The zero-order chi connectivity index (χ0) is 47.0. The number of aromatic nitrogens is 3. The van der Waals surface area contributed by atoms with E-state index in [-0.39, 0.29) is 33.7 Å². The molecule has 5 aromatic rings. The van der Waals surface area contributed by atoms with Gasteiger partial charge in [0.2, 0.25) is 5.82 Å². The average Bonchev–Trinajstić information content (AvgIpc) is 3.91. The van der Waals surface area contributed by atoms with Crippen molar-refractivity contribution in [1.29, 1.82) is 0 Å². The fraction of sp³-hybridized carbons (Fsp3) is 0.490. The molecule has 5 heterocycles. The molecule has 2 saturated heterocycles. The van der Waals surface area contributed by atoms with Crippen LogP contribution in [0.2, 0.25) is 0 Å². The van der Waals surface area contributed by atoms with Crippen LogP contribution in [0.25, 0.3) is 11.0 Å². The summed E-state index contributed by atoms with van der Waals surface area (Å²) in [5.41, 5.74) is 3.17. The van der Waals surface area contributed by atoms with Crippen molar-refractivity contribution in [3.8, 4) is 11.5 Å². The molecule has 15 nitrogen and oxygen atoms in total. The second-order valence-electron chi connectivity index (χ2n) is 19.1. The summed E-state index contributed by atoms with van der Waals surface area (Å²) in [5.74, 6) is -0.481. The van der Waals surface area contributed by atoms with Crippen molar-refractivity contribution in [3.05, 3.63) is 105 Å². The highest BCUT2D eigenvalue weighted by Gasteiger charge is 2.49. The number of nitrogens with one attached hydrogen (secondary N) is 3. The summed E-state index contributed by atoms with van der Waals surface area (Å²) in [5, 5.41) is 25.4. The van der Waals surface area contributed by atoms with Gasteiger partial charge in [0, 0.05) is 62.8 Å². The molecule has 17 heteroatoms. The zero-order valence-electron chi connectivity index (χ0n) is 38.4. The molecule has 0 bridgehead atoms. The number of halogens is 1.